The average molecular weight is 386 g/mol. The highest BCUT2D eigenvalue weighted by Crippen LogP contribution is 2.18. The van der Waals surface area contributed by atoms with Crippen molar-refractivity contribution in [3.8, 4) is 0 Å². The van der Waals surface area contributed by atoms with E-state index >= 15 is 0 Å². The van der Waals surface area contributed by atoms with Crippen LogP contribution in [0, 0.1) is 0 Å². The Morgan fingerprint density at radius 3 is 1.36 bits per heavy atom. The highest BCUT2D eigenvalue weighted by Gasteiger charge is 2.30. The van der Waals surface area contributed by atoms with Gasteiger partial charge in [-0.2, -0.15) is 0 Å². The molecule has 0 saturated heterocycles. The molecule has 28 heavy (non-hydrogen) atoms. The minimum Gasteiger partial charge on any atom is -0.435 e. The van der Waals surface area contributed by atoms with Gasteiger partial charge in [0.05, 0.1) is 13.2 Å². The predicted octanol–water partition coefficient (Wildman–Crippen LogP) is 4.56. The van der Waals surface area contributed by atoms with Gasteiger partial charge in [-0.15, -0.1) is 0 Å². The number of ether oxygens (including phenoxy) is 4. The lowest BCUT2D eigenvalue weighted by atomic mass is 9.98. The third-order valence-electron chi connectivity index (χ3n) is 3.99. The Labute approximate surface area is 165 Å². The molecular weight excluding hydrogens is 360 g/mol. The fourth-order valence-corrected chi connectivity index (χ4v) is 2.74. The van der Waals surface area contributed by atoms with Crippen LogP contribution >= 0.6 is 0 Å². The van der Waals surface area contributed by atoms with E-state index in [4.69, 9.17) is 18.9 Å². The van der Waals surface area contributed by atoms with E-state index in [1.807, 2.05) is 60.7 Å². The van der Waals surface area contributed by atoms with Gasteiger partial charge in [-0.3, -0.25) is 0 Å². The lowest BCUT2D eigenvalue weighted by Gasteiger charge is -2.26. The largest absolute Gasteiger partial charge is 0.508 e. The van der Waals surface area contributed by atoms with Crippen LogP contribution in [0.2, 0.25) is 0 Å². The number of hydrogen-bond acceptors (Lipinski definition) is 6. The second-order valence-corrected chi connectivity index (χ2v) is 6.06. The Balaban J connectivity index is 2.25. The molecule has 6 nitrogen and oxygen atoms in total. The van der Waals surface area contributed by atoms with Crippen molar-refractivity contribution in [1.82, 2.24) is 0 Å². The first-order chi connectivity index (χ1) is 13.6. The predicted molar refractivity (Wildman–Crippen MR) is 104 cm³/mol. The quantitative estimate of drug-likeness (QED) is 0.589. The summed E-state index contributed by atoms with van der Waals surface area (Å²) in [5.41, 5.74) is 1.89. The molecule has 0 bridgehead atoms. The van der Waals surface area contributed by atoms with Crippen LogP contribution in [0.1, 0.15) is 25.0 Å². The van der Waals surface area contributed by atoms with Crippen molar-refractivity contribution in [2.75, 3.05) is 13.2 Å². The maximum Gasteiger partial charge on any atom is 0.508 e. The number of benzene rings is 2. The average Bonchev–Trinajstić information content (AvgIpc) is 2.69. The molecule has 2 rings (SSSR count). The number of rotatable bonds is 9. The molecular formula is C22H26O6. The maximum absolute atomic E-state index is 12.0. The van der Waals surface area contributed by atoms with Gasteiger partial charge in [-0.25, -0.2) is 9.59 Å². The molecule has 0 spiro atoms. The summed E-state index contributed by atoms with van der Waals surface area (Å²) in [7, 11) is 0. The van der Waals surface area contributed by atoms with Gasteiger partial charge < -0.3 is 18.9 Å². The summed E-state index contributed by atoms with van der Waals surface area (Å²) in [6.07, 6.45) is -2.31. The molecule has 0 aliphatic rings. The third kappa shape index (κ3) is 7.31. The molecule has 0 radical (unpaired) electrons. The number of hydrogen-bond donors (Lipinski definition) is 0. The monoisotopic (exact) mass is 386 g/mol. The first-order valence-electron chi connectivity index (χ1n) is 9.37. The summed E-state index contributed by atoms with van der Waals surface area (Å²) >= 11 is 0. The standard InChI is InChI=1S/C22H26O6/c1-3-25-21(23)27-19(15-17-11-7-5-8-12-17)20(28-22(24)26-4-2)16-18-13-9-6-10-14-18/h5-14,19-20H,3-4,15-16H2,1-2H3. The minimum atomic E-state index is -0.797. The molecule has 6 heteroatoms. The van der Waals surface area contributed by atoms with E-state index in [1.54, 1.807) is 13.8 Å². The van der Waals surface area contributed by atoms with E-state index in [2.05, 4.69) is 0 Å². The van der Waals surface area contributed by atoms with Gasteiger partial charge in [0, 0.05) is 12.8 Å². The van der Waals surface area contributed by atoms with Crippen molar-refractivity contribution in [3.63, 3.8) is 0 Å². The van der Waals surface area contributed by atoms with Gasteiger partial charge in [0.2, 0.25) is 0 Å². The molecule has 0 saturated carbocycles. The number of carbonyl (C=O) groups is 2. The molecule has 0 amide bonds. The smallest absolute Gasteiger partial charge is 0.435 e. The van der Waals surface area contributed by atoms with Crippen LogP contribution < -0.4 is 0 Å². The summed E-state index contributed by atoms with van der Waals surface area (Å²) in [5.74, 6) is 0. The van der Waals surface area contributed by atoms with Gasteiger partial charge in [-0.1, -0.05) is 60.7 Å². The molecule has 0 heterocycles. The minimum absolute atomic E-state index is 0.193. The summed E-state index contributed by atoms with van der Waals surface area (Å²) in [4.78, 5) is 24.0. The third-order valence-corrected chi connectivity index (χ3v) is 3.99. The van der Waals surface area contributed by atoms with E-state index < -0.39 is 24.5 Å². The van der Waals surface area contributed by atoms with Crippen LogP contribution in [-0.4, -0.2) is 37.7 Å². The molecule has 2 aromatic rings. The first kappa shape index (κ1) is 21.3. The first-order valence-corrected chi connectivity index (χ1v) is 9.37. The molecule has 0 aliphatic heterocycles. The highest BCUT2D eigenvalue weighted by atomic mass is 16.8. The van der Waals surface area contributed by atoms with Crippen molar-refractivity contribution < 1.29 is 28.5 Å². The second kappa shape index (κ2) is 11.6. The van der Waals surface area contributed by atoms with Gasteiger partial charge in [0.15, 0.2) is 0 Å². The second-order valence-electron chi connectivity index (χ2n) is 6.06. The Hall–Kier alpha value is -3.02. The Morgan fingerprint density at radius 2 is 1.04 bits per heavy atom. The normalized spacial score (nSPS) is 12.5. The molecule has 0 N–H and O–H groups in total. The maximum atomic E-state index is 12.0. The molecule has 2 unspecified atom stereocenters. The van der Waals surface area contributed by atoms with Gasteiger partial charge >= 0.3 is 12.3 Å². The summed E-state index contributed by atoms with van der Waals surface area (Å²) in [6.45, 7) is 3.78. The Morgan fingerprint density at radius 1 is 0.679 bits per heavy atom. The van der Waals surface area contributed by atoms with Crippen LogP contribution in [0.4, 0.5) is 9.59 Å². The van der Waals surface area contributed by atoms with E-state index in [9.17, 15) is 9.59 Å². The van der Waals surface area contributed by atoms with Gasteiger partial charge in [-0.05, 0) is 25.0 Å². The lowest BCUT2D eigenvalue weighted by Crippen LogP contribution is -2.39. The summed E-state index contributed by atoms with van der Waals surface area (Å²) < 4.78 is 20.9. The SMILES string of the molecule is CCOC(=O)OC(Cc1ccccc1)C(Cc1ccccc1)OC(=O)OCC. The van der Waals surface area contributed by atoms with Crippen LogP contribution in [-0.2, 0) is 31.8 Å². The van der Waals surface area contributed by atoms with Crippen molar-refractivity contribution >= 4 is 12.3 Å². The zero-order chi connectivity index (χ0) is 20.2. The van der Waals surface area contributed by atoms with Crippen molar-refractivity contribution in [3.05, 3.63) is 71.8 Å². The fourth-order valence-electron chi connectivity index (χ4n) is 2.74. The molecule has 0 fully saturated rings. The van der Waals surface area contributed by atoms with E-state index in [-0.39, 0.29) is 13.2 Å². The molecule has 2 aromatic carbocycles. The molecule has 2 atom stereocenters. The highest BCUT2D eigenvalue weighted by molar-refractivity contribution is 5.61. The van der Waals surface area contributed by atoms with Crippen LogP contribution in [0.25, 0.3) is 0 Å². The van der Waals surface area contributed by atoms with Crippen molar-refractivity contribution in [1.29, 1.82) is 0 Å². The zero-order valence-electron chi connectivity index (χ0n) is 16.2. The van der Waals surface area contributed by atoms with E-state index in [0.29, 0.717) is 12.8 Å². The lowest BCUT2D eigenvalue weighted by molar-refractivity contribution is -0.0538. The topological polar surface area (TPSA) is 71.1 Å². The fraction of sp³-hybridized carbons (Fsp3) is 0.364. The number of carbonyl (C=O) groups excluding carboxylic acids is 2. The Kier molecular flexibility index (Phi) is 8.85. The van der Waals surface area contributed by atoms with E-state index in [0.717, 1.165) is 11.1 Å². The summed E-state index contributed by atoms with van der Waals surface area (Å²) in [5, 5.41) is 0. The van der Waals surface area contributed by atoms with Crippen LogP contribution in [0.15, 0.2) is 60.7 Å². The molecule has 0 aromatic heterocycles. The Bertz CT molecular complexity index is 653. The van der Waals surface area contributed by atoms with Crippen molar-refractivity contribution in [2.24, 2.45) is 0 Å². The zero-order valence-corrected chi connectivity index (χ0v) is 16.2. The van der Waals surface area contributed by atoms with Crippen LogP contribution in [0.5, 0.6) is 0 Å². The van der Waals surface area contributed by atoms with Crippen LogP contribution in [0.3, 0.4) is 0 Å². The van der Waals surface area contributed by atoms with Gasteiger partial charge in [0.1, 0.15) is 12.2 Å². The van der Waals surface area contributed by atoms with E-state index in [1.165, 1.54) is 0 Å². The summed E-state index contributed by atoms with van der Waals surface area (Å²) in [6, 6.07) is 19.1. The van der Waals surface area contributed by atoms with Crippen molar-refractivity contribution in [2.45, 2.75) is 38.9 Å². The molecule has 150 valence electrons. The molecule has 0 aliphatic carbocycles. The van der Waals surface area contributed by atoms with Gasteiger partial charge in [0.25, 0.3) is 0 Å².